The fourth-order valence-electron chi connectivity index (χ4n) is 2.09. The van der Waals surface area contributed by atoms with E-state index in [1.165, 1.54) is 4.88 Å². The molecule has 104 valence electrons. The van der Waals surface area contributed by atoms with Gasteiger partial charge in [0.1, 0.15) is 11.2 Å². The summed E-state index contributed by atoms with van der Waals surface area (Å²) in [6, 6.07) is 2.14. The molecule has 0 amide bonds. The number of rotatable bonds is 3. The molecule has 0 unspecified atom stereocenters. The van der Waals surface area contributed by atoms with Crippen molar-refractivity contribution in [3.05, 3.63) is 28.7 Å². The Morgan fingerprint density at radius 1 is 1.35 bits per heavy atom. The molecule has 3 heterocycles. The molecule has 0 atom stereocenters. The van der Waals surface area contributed by atoms with Crippen molar-refractivity contribution in [2.75, 3.05) is 5.43 Å². The number of fused-ring (bicyclic) bond motifs is 1. The zero-order valence-electron chi connectivity index (χ0n) is 11.6. The number of hydrogen-bond acceptors (Lipinski definition) is 6. The van der Waals surface area contributed by atoms with Crippen LogP contribution in [0.4, 0.5) is 5.95 Å². The monoisotopic (exact) mass is 288 g/mol. The zero-order chi connectivity index (χ0) is 14.3. The van der Waals surface area contributed by atoms with Crippen LogP contribution in [0.25, 0.3) is 16.0 Å². The Morgan fingerprint density at radius 3 is 2.75 bits per heavy atom. The van der Waals surface area contributed by atoms with Gasteiger partial charge in [0.15, 0.2) is 5.82 Å². The molecule has 0 saturated carbocycles. The number of hydrazine groups is 1. The van der Waals surface area contributed by atoms with E-state index in [9.17, 15) is 0 Å². The minimum atomic E-state index is 0.419. The van der Waals surface area contributed by atoms with Gasteiger partial charge in [0.25, 0.3) is 0 Å². The maximum Gasteiger partial charge on any atom is 0.240 e. The van der Waals surface area contributed by atoms with Gasteiger partial charge in [-0.15, -0.1) is 11.3 Å². The molecule has 0 aliphatic rings. The predicted molar refractivity (Wildman–Crippen MR) is 81.2 cm³/mol. The molecular formula is C13H16N6S. The number of nitrogens with one attached hydrogen (secondary N) is 1. The largest absolute Gasteiger partial charge is 0.292 e. The van der Waals surface area contributed by atoms with Gasteiger partial charge in [-0.25, -0.2) is 15.8 Å². The minimum absolute atomic E-state index is 0.419. The Labute approximate surface area is 120 Å². The number of nitrogens with zero attached hydrogens (tertiary/aromatic N) is 4. The molecule has 3 aromatic rings. The second-order valence-corrected chi connectivity index (χ2v) is 5.70. The van der Waals surface area contributed by atoms with Crippen LogP contribution in [0.15, 0.2) is 12.4 Å². The molecule has 0 aromatic carbocycles. The SMILES string of the molecule is CCc1cc2c(-n3cnc(C)c3C)nc(NN)nc2s1. The Morgan fingerprint density at radius 2 is 2.15 bits per heavy atom. The van der Waals surface area contributed by atoms with E-state index in [1.54, 1.807) is 17.7 Å². The van der Waals surface area contributed by atoms with E-state index in [0.717, 1.165) is 33.8 Å². The van der Waals surface area contributed by atoms with Gasteiger partial charge in [-0.1, -0.05) is 6.92 Å². The lowest BCUT2D eigenvalue weighted by Crippen LogP contribution is -2.12. The molecule has 6 nitrogen and oxygen atoms in total. The van der Waals surface area contributed by atoms with E-state index >= 15 is 0 Å². The third kappa shape index (κ3) is 1.95. The molecule has 0 spiro atoms. The molecule has 20 heavy (non-hydrogen) atoms. The van der Waals surface area contributed by atoms with Gasteiger partial charge in [0.2, 0.25) is 5.95 Å². The fraction of sp³-hybridized carbons (Fsp3) is 0.308. The third-order valence-corrected chi connectivity index (χ3v) is 4.55. The van der Waals surface area contributed by atoms with Crippen LogP contribution in [0.2, 0.25) is 0 Å². The number of nitrogens with two attached hydrogens (primary N) is 1. The Balaban J connectivity index is 2.32. The second kappa shape index (κ2) is 4.84. The summed E-state index contributed by atoms with van der Waals surface area (Å²) in [5.74, 6) is 6.71. The first kappa shape index (κ1) is 13.0. The standard InChI is InChI=1S/C13H16N6S/c1-4-9-5-10-11(19-6-15-7(2)8(19)3)16-13(18-14)17-12(10)20-9/h5-6H,4,14H2,1-3H3,(H,16,17,18). The van der Waals surface area contributed by atoms with Crippen molar-refractivity contribution in [3.63, 3.8) is 0 Å². The van der Waals surface area contributed by atoms with Crippen LogP contribution >= 0.6 is 11.3 Å². The number of anilines is 1. The van der Waals surface area contributed by atoms with Crippen molar-refractivity contribution >= 4 is 27.5 Å². The summed E-state index contributed by atoms with van der Waals surface area (Å²) in [6.45, 7) is 6.14. The van der Waals surface area contributed by atoms with Gasteiger partial charge in [-0.3, -0.25) is 9.99 Å². The normalized spacial score (nSPS) is 11.2. The maximum atomic E-state index is 5.48. The van der Waals surface area contributed by atoms with Crippen LogP contribution < -0.4 is 11.3 Å². The lowest BCUT2D eigenvalue weighted by molar-refractivity contribution is 0.952. The topological polar surface area (TPSA) is 81.7 Å². The number of thiophene rings is 1. The minimum Gasteiger partial charge on any atom is -0.292 e. The van der Waals surface area contributed by atoms with Gasteiger partial charge in [-0.2, -0.15) is 4.98 Å². The number of nitrogen functional groups attached to an aromatic ring is 1. The van der Waals surface area contributed by atoms with Crippen molar-refractivity contribution < 1.29 is 0 Å². The van der Waals surface area contributed by atoms with Crippen molar-refractivity contribution in [3.8, 4) is 5.82 Å². The first-order valence-electron chi connectivity index (χ1n) is 6.42. The van der Waals surface area contributed by atoms with Crippen LogP contribution in [0.5, 0.6) is 0 Å². The van der Waals surface area contributed by atoms with E-state index in [1.807, 2.05) is 18.4 Å². The fourth-order valence-corrected chi connectivity index (χ4v) is 3.05. The molecule has 0 aliphatic carbocycles. The molecule has 0 aliphatic heterocycles. The van der Waals surface area contributed by atoms with E-state index < -0.39 is 0 Å². The van der Waals surface area contributed by atoms with E-state index in [4.69, 9.17) is 5.84 Å². The van der Waals surface area contributed by atoms with Gasteiger partial charge in [0, 0.05) is 10.6 Å². The van der Waals surface area contributed by atoms with Crippen LogP contribution in [-0.2, 0) is 6.42 Å². The van der Waals surface area contributed by atoms with Gasteiger partial charge in [-0.05, 0) is 26.3 Å². The molecule has 0 radical (unpaired) electrons. The highest BCUT2D eigenvalue weighted by Gasteiger charge is 2.14. The van der Waals surface area contributed by atoms with Crippen LogP contribution in [0, 0.1) is 13.8 Å². The van der Waals surface area contributed by atoms with Gasteiger partial charge in [0.05, 0.1) is 11.1 Å². The van der Waals surface area contributed by atoms with Gasteiger partial charge < -0.3 is 0 Å². The van der Waals surface area contributed by atoms with Gasteiger partial charge >= 0.3 is 0 Å². The highest BCUT2D eigenvalue weighted by molar-refractivity contribution is 7.18. The molecule has 7 heteroatoms. The summed E-state index contributed by atoms with van der Waals surface area (Å²) in [5.41, 5.74) is 4.59. The van der Waals surface area contributed by atoms with Crippen molar-refractivity contribution in [2.24, 2.45) is 5.84 Å². The second-order valence-electron chi connectivity index (χ2n) is 4.59. The zero-order valence-corrected chi connectivity index (χ0v) is 12.5. The Hall–Kier alpha value is -1.99. The highest BCUT2D eigenvalue weighted by atomic mass is 32.1. The lowest BCUT2D eigenvalue weighted by Gasteiger charge is -2.08. The Bertz CT molecular complexity index is 773. The number of imidazole rings is 1. The summed E-state index contributed by atoms with van der Waals surface area (Å²) in [6.07, 6.45) is 2.77. The summed E-state index contributed by atoms with van der Waals surface area (Å²) >= 11 is 1.67. The van der Waals surface area contributed by atoms with E-state index in [0.29, 0.717) is 5.95 Å². The van der Waals surface area contributed by atoms with E-state index in [2.05, 4.69) is 33.4 Å². The first-order chi connectivity index (χ1) is 9.63. The average molecular weight is 288 g/mol. The number of hydrogen-bond donors (Lipinski definition) is 2. The van der Waals surface area contributed by atoms with Crippen molar-refractivity contribution in [1.29, 1.82) is 0 Å². The molecular weight excluding hydrogens is 272 g/mol. The maximum absolute atomic E-state index is 5.48. The summed E-state index contributed by atoms with van der Waals surface area (Å²) in [5, 5.41) is 1.03. The molecule has 3 rings (SSSR count). The molecule has 0 bridgehead atoms. The summed E-state index contributed by atoms with van der Waals surface area (Å²) in [7, 11) is 0. The predicted octanol–water partition coefficient (Wildman–Crippen LogP) is 2.34. The molecule has 3 aromatic heterocycles. The van der Waals surface area contributed by atoms with Crippen LogP contribution in [0.3, 0.4) is 0 Å². The first-order valence-corrected chi connectivity index (χ1v) is 7.23. The third-order valence-electron chi connectivity index (χ3n) is 3.38. The summed E-state index contributed by atoms with van der Waals surface area (Å²) in [4.78, 5) is 15.5. The molecule has 0 fully saturated rings. The molecule has 0 saturated heterocycles. The summed E-state index contributed by atoms with van der Waals surface area (Å²) < 4.78 is 1.98. The average Bonchev–Trinajstić information content (AvgIpc) is 3.02. The van der Waals surface area contributed by atoms with Crippen LogP contribution in [0.1, 0.15) is 23.2 Å². The van der Waals surface area contributed by atoms with Crippen molar-refractivity contribution in [1.82, 2.24) is 19.5 Å². The van der Waals surface area contributed by atoms with E-state index in [-0.39, 0.29) is 0 Å². The molecule has 3 N–H and O–H groups in total. The van der Waals surface area contributed by atoms with Crippen LogP contribution in [-0.4, -0.2) is 19.5 Å². The lowest BCUT2D eigenvalue weighted by atomic mass is 10.3. The highest BCUT2D eigenvalue weighted by Crippen LogP contribution is 2.30. The smallest absolute Gasteiger partial charge is 0.240 e. The number of aromatic nitrogens is 4. The quantitative estimate of drug-likeness (QED) is 0.571. The number of aryl methyl sites for hydroxylation is 2. The Kier molecular flexibility index (Phi) is 3.15. The van der Waals surface area contributed by atoms with Crippen molar-refractivity contribution in [2.45, 2.75) is 27.2 Å².